The Morgan fingerprint density at radius 3 is 2.55 bits per heavy atom. The van der Waals surface area contributed by atoms with E-state index in [1.54, 1.807) is 6.07 Å². The van der Waals surface area contributed by atoms with E-state index in [2.05, 4.69) is 15.0 Å². The average Bonchev–Trinajstić information content (AvgIpc) is 3.24. The first-order valence-corrected chi connectivity index (χ1v) is 11.9. The highest BCUT2D eigenvalue weighted by molar-refractivity contribution is 7.19. The van der Waals surface area contributed by atoms with Gasteiger partial charge in [-0.15, -0.1) is 0 Å². The maximum atomic E-state index is 12.9. The molecule has 4 aromatic rings. The Morgan fingerprint density at radius 2 is 1.79 bits per heavy atom. The second kappa shape index (κ2) is 9.05. The van der Waals surface area contributed by atoms with Crippen LogP contribution in [0, 0.1) is 6.92 Å². The number of piperazine rings is 1. The van der Waals surface area contributed by atoms with E-state index < -0.39 is 0 Å². The lowest BCUT2D eigenvalue weighted by Gasteiger charge is -2.34. The summed E-state index contributed by atoms with van der Waals surface area (Å²) in [6.45, 7) is 5.26. The van der Waals surface area contributed by atoms with Crippen molar-refractivity contribution < 1.29 is 4.79 Å². The number of aromatic nitrogens is 3. The van der Waals surface area contributed by atoms with E-state index in [9.17, 15) is 9.59 Å². The summed E-state index contributed by atoms with van der Waals surface area (Å²) in [5.41, 5.74) is 3.02. The summed E-state index contributed by atoms with van der Waals surface area (Å²) < 4.78 is 1.33. The second-order valence-corrected chi connectivity index (χ2v) is 9.41. The molecule has 0 saturated carbocycles. The number of benzene rings is 2. The molecule has 0 spiro atoms. The largest absolute Gasteiger partial charge is 0.336 e. The SMILES string of the molecule is Cc1ccccc1C(=O)N1CCN(Cc2cc(=O)n3nc(-c4ccccc4Cl)sc3n2)CC1. The topological polar surface area (TPSA) is 70.8 Å². The monoisotopic (exact) mass is 479 g/mol. The number of hydrogen-bond acceptors (Lipinski definition) is 6. The summed E-state index contributed by atoms with van der Waals surface area (Å²) in [7, 11) is 0. The molecular formula is C24H22ClN5O2S. The van der Waals surface area contributed by atoms with Crippen molar-refractivity contribution in [2.24, 2.45) is 0 Å². The summed E-state index contributed by atoms with van der Waals surface area (Å²) in [5, 5.41) is 5.66. The number of nitrogens with zero attached hydrogens (tertiary/aromatic N) is 5. The van der Waals surface area contributed by atoms with Crippen LogP contribution >= 0.6 is 22.9 Å². The van der Waals surface area contributed by atoms with Crippen LogP contribution in [0.5, 0.6) is 0 Å². The Balaban J connectivity index is 1.29. The summed E-state index contributed by atoms with van der Waals surface area (Å²) in [6.07, 6.45) is 0. The summed E-state index contributed by atoms with van der Waals surface area (Å²) in [6, 6.07) is 16.6. The number of amides is 1. The zero-order chi connectivity index (χ0) is 22.9. The van der Waals surface area contributed by atoms with Crippen molar-refractivity contribution in [2.45, 2.75) is 13.5 Å². The van der Waals surface area contributed by atoms with E-state index >= 15 is 0 Å². The van der Waals surface area contributed by atoms with Crippen molar-refractivity contribution in [1.29, 1.82) is 0 Å². The van der Waals surface area contributed by atoms with Gasteiger partial charge in [-0.1, -0.05) is 59.3 Å². The first kappa shape index (κ1) is 21.8. The van der Waals surface area contributed by atoms with E-state index in [1.165, 1.54) is 21.9 Å². The fourth-order valence-electron chi connectivity index (χ4n) is 4.00. The highest BCUT2D eigenvalue weighted by Crippen LogP contribution is 2.30. The lowest BCUT2D eigenvalue weighted by molar-refractivity contribution is 0.0626. The van der Waals surface area contributed by atoms with Crippen molar-refractivity contribution in [3.63, 3.8) is 0 Å². The van der Waals surface area contributed by atoms with Crippen LogP contribution in [0.3, 0.4) is 0 Å². The molecule has 0 bridgehead atoms. The molecule has 0 N–H and O–H groups in total. The quantitative estimate of drug-likeness (QED) is 0.446. The summed E-state index contributed by atoms with van der Waals surface area (Å²) >= 11 is 7.64. The first-order valence-electron chi connectivity index (χ1n) is 10.7. The highest BCUT2D eigenvalue weighted by Gasteiger charge is 2.23. The molecule has 2 aromatic carbocycles. The Morgan fingerprint density at radius 1 is 1.06 bits per heavy atom. The third kappa shape index (κ3) is 4.42. The molecule has 9 heteroatoms. The number of fused-ring (bicyclic) bond motifs is 1. The van der Waals surface area contributed by atoms with E-state index in [-0.39, 0.29) is 11.5 Å². The number of rotatable bonds is 4. The van der Waals surface area contributed by atoms with Gasteiger partial charge >= 0.3 is 0 Å². The van der Waals surface area contributed by atoms with Gasteiger partial charge in [-0.2, -0.15) is 9.61 Å². The van der Waals surface area contributed by atoms with E-state index in [0.29, 0.717) is 40.3 Å². The lowest BCUT2D eigenvalue weighted by Crippen LogP contribution is -2.48. The van der Waals surface area contributed by atoms with Crippen molar-refractivity contribution >= 4 is 33.8 Å². The molecule has 168 valence electrons. The molecule has 0 radical (unpaired) electrons. The Labute approximate surface area is 199 Å². The van der Waals surface area contributed by atoms with E-state index in [0.717, 1.165) is 29.8 Å². The van der Waals surface area contributed by atoms with Crippen LogP contribution in [-0.2, 0) is 6.54 Å². The molecule has 33 heavy (non-hydrogen) atoms. The highest BCUT2D eigenvalue weighted by atomic mass is 35.5. The molecule has 1 aliphatic heterocycles. The molecule has 0 unspecified atom stereocenters. The van der Waals surface area contributed by atoms with Crippen LogP contribution in [0.4, 0.5) is 0 Å². The second-order valence-electron chi connectivity index (χ2n) is 8.05. The molecule has 1 saturated heterocycles. The molecule has 5 rings (SSSR count). The van der Waals surface area contributed by atoms with Gasteiger partial charge in [0.2, 0.25) is 4.96 Å². The minimum absolute atomic E-state index is 0.0716. The van der Waals surface area contributed by atoms with Gasteiger partial charge in [0.1, 0.15) is 5.01 Å². The molecule has 7 nitrogen and oxygen atoms in total. The number of carbonyl (C=O) groups excluding carboxylic acids is 1. The minimum Gasteiger partial charge on any atom is -0.336 e. The molecule has 1 amide bonds. The predicted octanol–water partition coefficient (Wildman–Crippen LogP) is 3.74. The predicted molar refractivity (Wildman–Crippen MR) is 130 cm³/mol. The molecule has 3 heterocycles. The lowest BCUT2D eigenvalue weighted by atomic mass is 10.1. The van der Waals surface area contributed by atoms with Gasteiger partial charge in [-0.05, 0) is 24.6 Å². The molecular weight excluding hydrogens is 458 g/mol. The smallest absolute Gasteiger partial charge is 0.275 e. The van der Waals surface area contributed by atoms with Crippen LogP contribution in [0.25, 0.3) is 15.5 Å². The van der Waals surface area contributed by atoms with Crippen LogP contribution in [0.1, 0.15) is 21.6 Å². The van der Waals surface area contributed by atoms with Crippen molar-refractivity contribution in [2.75, 3.05) is 26.2 Å². The third-order valence-electron chi connectivity index (χ3n) is 5.82. The number of hydrogen-bond donors (Lipinski definition) is 0. The van der Waals surface area contributed by atoms with Gasteiger partial charge in [0.15, 0.2) is 0 Å². The molecule has 1 aliphatic rings. The average molecular weight is 480 g/mol. The third-order valence-corrected chi connectivity index (χ3v) is 7.09. The number of carbonyl (C=O) groups is 1. The Kier molecular flexibility index (Phi) is 5.97. The van der Waals surface area contributed by atoms with Crippen molar-refractivity contribution in [3.05, 3.63) is 86.8 Å². The zero-order valence-corrected chi connectivity index (χ0v) is 19.6. The van der Waals surface area contributed by atoms with Crippen molar-refractivity contribution in [3.8, 4) is 10.6 Å². The fraction of sp³-hybridized carbons (Fsp3) is 0.250. The Bertz CT molecular complexity index is 1390. The normalized spacial score (nSPS) is 14.7. The molecule has 1 fully saturated rings. The van der Waals surface area contributed by atoms with Gasteiger partial charge in [0.25, 0.3) is 11.5 Å². The minimum atomic E-state index is -0.210. The van der Waals surface area contributed by atoms with E-state index in [1.807, 2.05) is 54.3 Å². The standard InChI is InChI=1S/C24H22ClN5O2S/c1-16-6-2-3-7-18(16)23(32)29-12-10-28(11-13-29)15-17-14-21(31)30-24(26-17)33-22(27-30)19-8-4-5-9-20(19)25/h2-9,14H,10-13,15H2,1H3. The maximum Gasteiger partial charge on any atom is 0.275 e. The van der Waals surface area contributed by atoms with Gasteiger partial charge in [-0.3, -0.25) is 14.5 Å². The van der Waals surface area contributed by atoms with Gasteiger partial charge in [0.05, 0.1) is 10.7 Å². The number of aryl methyl sites for hydroxylation is 1. The fourth-order valence-corrected chi connectivity index (χ4v) is 5.25. The summed E-state index contributed by atoms with van der Waals surface area (Å²) in [5.74, 6) is 0.0716. The van der Waals surface area contributed by atoms with Gasteiger partial charge in [-0.25, -0.2) is 4.98 Å². The van der Waals surface area contributed by atoms with Gasteiger partial charge < -0.3 is 4.90 Å². The zero-order valence-electron chi connectivity index (χ0n) is 18.1. The van der Waals surface area contributed by atoms with Crippen LogP contribution in [-0.4, -0.2) is 56.5 Å². The van der Waals surface area contributed by atoms with Crippen LogP contribution < -0.4 is 5.56 Å². The maximum absolute atomic E-state index is 12.9. The van der Waals surface area contributed by atoms with E-state index in [4.69, 9.17) is 11.6 Å². The number of halogens is 1. The first-order chi connectivity index (χ1) is 16.0. The Hall–Kier alpha value is -3.07. The summed E-state index contributed by atoms with van der Waals surface area (Å²) in [4.78, 5) is 34.8. The van der Waals surface area contributed by atoms with Crippen LogP contribution in [0.15, 0.2) is 59.4 Å². The van der Waals surface area contributed by atoms with Crippen LogP contribution in [0.2, 0.25) is 5.02 Å². The molecule has 2 aromatic heterocycles. The molecule has 0 atom stereocenters. The van der Waals surface area contributed by atoms with Gasteiger partial charge in [0, 0.05) is 49.9 Å². The van der Waals surface area contributed by atoms with Crippen molar-refractivity contribution in [1.82, 2.24) is 24.4 Å². The molecule has 0 aliphatic carbocycles.